The standard InChI is InChI=1S/C24H19ClIN8O/c1-32-14-27-30-24(32)34(19-8-6-18(26)7-9-19)31-29-23-28-22(16-3-2-4-17(25)12-16)20-11-15(13-35)5-10-21(20)33(23)34/h2-12,14,22,35H,13H2,1H3/q+1. The van der Waals surface area contributed by atoms with Gasteiger partial charge in [0, 0.05) is 38.0 Å². The van der Waals surface area contributed by atoms with Gasteiger partial charge in [-0.2, -0.15) is 0 Å². The maximum Gasteiger partial charge on any atom is 0.389 e. The maximum absolute atomic E-state index is 9.89. The number of guanidine groups is 1. The quantitative estimate of drug-likeness (QED) is 0.250. The number of nitrogens with zero attached hydrogens (tertiary/aromatic N) is 8. The van der Waals surface area contributed by atoms with Gasteiger partial charge in [0.15, 0.2) is 5.69 Å². The monoisotopic (exact) mass is 597 g/mol. The first-order valence-corrected chi connectivity index (χ1v) is 12.3. The van der Waals surface area contributed by atoms with Crippen LogP contribution < -0.4 is 9.71 Å². The van der Waals surface area contributed by atoms with E-state index in [0.717, 1.165) is 31.6 Å². The van der Waals surface area contributed by atoms with Crippen molar-refractivity contribution in [2.24, 2.45) is 22.4 Å². The number of hydrogen-bond acceptors (Lipinski definition) is 7. The number of benzene rings is 3. The van der Waals surface area contributed by atoms with Gasteiger partial charge in [0.25, 0.3) is 0 Å². The molecule has 0 aliphatic carbocycles. The van der Waals surface area contributed by atoms with Gasteiger partial charge in [0.2, 0.25) is 0 Å². The molecule has 0 saturated heterocycles. The molecule has 0 fully saturated rings. The van der Waals surface area contributed by atoms with Crippen molar-refractivity contribution in [2.45, 2.75) is 12.6 Å². The summed E-state index contributed by atoms with van der Waals surface area (Å²) < 4.78 is 2.74. The highest BCUT2D eigenvalue weighted by Gasteiger charge is 2.56. The lowest BCUT2D eigenvalue weighted by Gasteiger charge is -2.36. The zero-order chi connectivity index (χ0) is 24.2. The summed E-state index contributed by atoms with van der Waals surface area (Å²) in [6.07, 6.45) is 1.64. The Balaban J connectivity index is 1.63. The summed E-state index contributed by atoms with van der Waals surface area (Å²) in [6.45, 7) is -0.0821. The first-order valence-electron chi connectivity index (χ1n) is 10.8. The Hall–Kier alpha value is -3.19. The van der Waals surface area contributed by atoms with Gasteiger partial charge in [0.05, 0.1) is 11.8 Å². The van der Waals surface area contributed by atoms with E-state index in [2.05, 4.69) is 37.9 Å². The number of hydrogen-bond donors (Lipinski definition) is 1. The SMILES string of the molecule is Cn1cnnc1[N+]1(c2ccc(I)cc2)N=NC2=NC(c3cccc(Cl)c3)c3cc(CO)ccc3N21. The van der Waals surface area contributed by atoms with E-state index < -0.39 is 0 Å². The van der Waals surface area contributed by atoms with Crippen molar-refractivity contribution in [1.82, 2.24) is 19.5 Å². The van der Waals surface area contributed by atoms with Crippen LogP contribution in [0.1, 0.15) is 22.7 Å². The van der Waals surface area contributed by atoms with Crippen LogP contribution in [0.15, 0.2) is 88.4 Å². The van der Waals surface area contributed by atoms with Crippen LogP contribution in [0.25, 0.3) is 0 Å². The van der Waals surface area contributed by atoms with Crippen molar-refractivity contribution in [3.05, 3.63) is 98.3 Å². The second-order valence-electron chi connectivity index (χ2n) is 8.26. The van der Waals surface area contributed by atoms with Crippen LogP contribution in [0.4, 0.5) is 17.3 Å². The van der Waals surface area contributed by atoms with Crippen LogP contribution in [0.2, 0.25) is 5.02 Å². The second-order valence-corrected chi connectivity index (χ2v) is 9.94. The van der Waals surface area contributed by atoms with Gasteiger partial charge in [-0.15, -0.1) is 10.1 Å². The van der Waals surface area contributed by atoms with Crippen molar-refractivity contribution in [3.8, 4) is 0 Å². The average Bonchev–Trinajstić information content (AvgIpc) is 3.48. The Kier molecular flexibility index (Phi) is 5.40. The Morgan fingerprint density at radius 2 is 1.91 bits per heavy atom. The normalized spacial score (nSPS) is 20.5. The highest BCUT2D eigenvalue weighted by molar-refractivity contribution is 14.1. The number of aromatic nitrogens is 3. The molecule has 0 bridgehead atoms. The highest BCUT2D eigenvalue weighted by Crippen LogP contribution is 2.48. The minimum Gasteiger partial charge on any atom is -0.392 e. The molecule has 2 atom stereocenters. The molecule has 0 amide bonds. The largest absolute Gasteiger partial charge is 0.392 e. The summed E-state index contributed by atoms with van der Waals surface area (Å²) in [6, 6.07) is 21.1. The first-order chi connectivity index (χ1) is 17.0. The van der Waals surface area contributed by atoms with Crippen molar-refractivity contribution >= 4 is 57.5 Å². The number of anilines is 1. The van der Waals surface area contributed by atoms with Crippen LogP contribution in [-0.2, 0) is 13.7 Å². The lowest BCUT2D eigenvalue weighted by atomic mass is 9.94. The van der Waals surface area contributed by atoms with Crippen LogP contribution >= 0.6 is 34.2 Å². The molecule has 9 nitrogen and oxygen atoms in total. The Morgan fingerprint density at radius 1 is 1.09 bits per heavy atom. The Morgan fingerprint density at radius 3 is 2.63 bits per heavy atom. The third kappa shape index (κ3) is 3.47. The van der Waals surface area contributed by atoms with Crippen LogP contribution in [-0.4, -0.2) is 25.8 Å². The molecule has 0 saturated carbocycles. The van der Waals surface area contributed by atoms with E-state index in [-0.39, 0.29) is 17.3 Å². The van der Waals surface area contributed by atoms with E-state index in [9.17, 15) is 5.11 Å². The lowest BCUT2D eigenvalue weighted by Crippen LogP contribution is -2.55. The first kappa shape index (κ1) is 22.3. The predicted octanol–water partition coefficient (Wildman–Crippen LogP) is 5.47. The Bertz CT molecular complexity index is 1500. The molecule has 174 valence electrons. The smallest absolute Gasteiger partial charge is 0.389 e. The molecule has 0 radical (unpaired) electrons. The van der Waals surface area contributed by atoms with E-state index in [1.54, 1.807) is 6.33 Å². The van der Waals surface area contributed by atoms with Gasteiger partial charge >= 0.3 is 11.9 Å². The molecule has 4 aromatic rings. The summed E-state index contributed by atoms with van der Waals surface area (Å²) in [4.78, 5) is 5.02. The molecule has 35 heavy (non-hydrogen) atoms. The van der Waals surface area contributed by atoms with Crippen molar-refractivity contribution in [1.29, 1.82) is 0 Å². The highest BCUT2D eigenvalue weighted by atomic mass is 127. The fourth-order valence-corrected chi connectivity index (χ4v) is 5.07. The molecule has 3 heterocycles. The topological polar surface area (TPSA) is 91.3 Å². The number of rotatable bonds is 4. The molecule has 3 aromatic carbocycles. The van der Waals surface area contributed by atoms with E-state index in [1.807, 2.05) is 83.4 Å². The van der Waals surface area contributed by atoms with Gasteiger partial charge in [-0.1, -0.05) is 40.0 Å². The summed E-state index contributed by atoms with van der Waals surface area (Å²) in [5.41, 5.74) is 4.30. The molecule has 11 heteroatoms. The summed E-state index contributed by atoms with van der Waals surface area (Å²) in [5, 5.41) is 30.3. The fraction of sp³-hybridized carbons (Fsp3) is 0.125. The summed E-state index contributed by atoms with van der Waals surface area (Å²) in [5.74, 6) is 0.999. The zero-order valence-corrected chi connectivity index (χ0v) is 21.4. The number of aryl methyl sites for hydroxylation is 1. The molecule has 2 unspecified atom stereocenters. The van der Waals surface area contributed by atoms with Gasteiger partial charge in [-0.3, -0.25) is 4.57 Å². The fourth-order valence-electron chi connectivity index (χ4n) is 4.51. The van der Waals surface area contributed by atoms with Gasteiger partial charge in [-0.05, 0) is 70.1 Å². The predicted molar refractivity (Wildman–Crippen MR) is 142 cm³/mol. The minimum absolute atomic E-state index is 0.0821. The molecule has 1 N–H and O–H groups in total. The molecule has 2 aliphatic heterocycles. The zero-order valence-electron chi connectivity index (χ0n) is 18.5. The molecule has 2 aliphatic rings. The van der Waals surface area contributed by atoms with Gasteiger partial charge < -0.3 is 5.11 Å². The number of aliphatic hydroxyl groups is 1. The molecular formula is C24H19ClIN8O+. The number of aliphatic imine (C=N–C) groups is 1. The van der Waals surface area contributed by atoms with Crippen molar-refractivity contribution in [3.63, 3.8) is 0 Å². The van der Waals surface area contributed by atoms with Crippen LogP contribution in [0.5, 0.6) is 0 Å². The summed E-state index contributed by atoms with van der Waals surface area (Å²) in [7, 11) is 1.88. The maximum atomic E-state index is 9.89. The third-order valence-corrected chi connectivity index (χ3v) is 7.06. The number of aliphatic hydroxyl groups excluding tert-OH is 1. The number of fused-ring (bicyclic) bond motifs is 3. The Labute approximate surface area is 219 Å². The number of halogens is 2. The summed E-state index contributed by atoms with van der Waals surface area (Å²) >= 11 is 8.60. The average molecular weight is 598 g/mol. The van der Waals surface area contributed by atoms with Crippen LogP contribution in [0.3, 0.4) is 0 Å². The van der Waals surface area contributed by atoms with Crippen molar-refractivity contribution in [2.75, 3.05) is 5.01 Å². The van der Waals surface area contributed by atoms with E-state index in [4.69, 9.17) is 21.8 Å². The lowest BCUT2D eigenvalue weighted by molar-refractivity contribution is 0.281. The molecular weight excluding hydrogens is 579 g/mol. The van der Waals surface area contributed by atoms with E-state index >= 15 is 0 Å². The molecule has 1 aromatic heterocycles. The second kappa shape index (κ2) is 8.48. The van der Waals surface area contributed by atoms with E-state index in [0.29, 0.717) is 16.9 Å². The number of quaternary nitrogens is 1. The molecule has 6 rings (SSSR count). The third-order valence-electron chi connectivity index (χ3n) is 6.10. The van der Waals surface area contributed by atoms with Gasteiger partial charge in [-0.25, -0.2) is 4.99 Å². The van der Waals surface area contributed by atoms with Gasteiger partial charge in [0.1, 0.15) is 18.1 Å². The van der Waals surface area contributed by atoms with Crippen LogP contribution in [0, 0.1) is 3.57 Å². The molecule has 0 spiro atoms. The minimum atomic E-state index is -0.364. The van der Waals surface area contributed by atoms with Crippen molar-refractivity contribution < 1.29 is 5.11 Å². The van der Waals surface area contributed by atoms with E-state index in [1.165, 1.54) is 0 Å².